The Morgan fingerprint density at radius 1 is 1.78 bits per heavy atom. The predicted molar refractivity (Wildman–Crippen MR) is 46.4 cm³/mol. The Morgan fingerprint density at radius 3 is 3.00 bits per heavy atom. The highest BCUT2D eigenvalue weighted by molar-refractivity contribution is 14.1. The molecule has 0 atom stereocenters. The number of nitriles is 1. The Balaban J connectivity index is 2.76. The molecule has 0 aromatic carbocycles. The first-order valence-electron chi connectivity index (χ1n) is 2.43. The summed E-state index contributed by atoms with van der Waals surface area (Å²) in [6.07, 6.45) is 0.549. The van der Waals surface area contributed by atoms with Crippen molar-refractivity contribution in [3.05, 3.63) is 19.9 Å². The molecule has 46 valence electrons. The fraction of sp³-hybridized carbons (Fsp3) is 0.167. The number of thiophene rings is 1. The summed E-state index contributed by atoms with van der Waals surface area (Å²) in [5.74, 6) is 0. The highest BCUT2D eigenvalue weighted by atomic mass is 127. The average molecular weight is 249 g/mol. The van der Waals surface area contributed by atoms with E-state index in [0.717, 1.165) is 4.88 Å². The normalized spacial score (nSPS) is 8.89. The van der Waals surface area contributed by atoms with Crippen molar-refractivity contribution in [2.75, 3.05) is 0 Å². The Kier molecular flexibility index (Phi) is 2.49. The van der Waals surface area contributed by atoms with Gasteiger partial charge in [-0.05, 0) is 28.7 Å². The van der Waals surface area contributed by atoms with Crippen LogP contribution < -0.4 is 0 Å². The van der Waals surface area contributed by atoms with Gasteiger partial charge in [0, 0.05) is 13.8 Å². The van der Waals surface area contributed by atoms with Gasteiger partial charge in [0.15, 0.2) is 0 Å². The molecule has 0 radical (unpaired) electrons. The van der Waals surface area contributed by atoms with E-state index in [2.05, 4.69) is 28.7 Å². The van der Waals surface area contributed by atoms with Gasteiger partial charge in [-0.2, -0.15) is 5.26 Å². The fourth-order valence-electron chi connectivity index (χ4n) is 0.524. The van der Waals surface area contributed by atoms with Crippen molar-refractivity contribution >= 4 is 33.9 Å². The predicted octanol–water partition coefficient (Wildman–Crippen LogP) is 2.42. The first-order valence-corrected chi connectivity index (χ1v) is 4.38. The van der Waals surface area contributed by atoms with E-state index in [0.29, 0.717) is 6.42 Å². The first kappa shape index (κ1) is 7.03. The summed E-state index contributed by atoms with van der Waals surface area (Å²) in [4.78, 5) is 1.15. The summed E-state index contributed by atoms with van der Waals surface area (Å²) in [5.41, 5.74) is 0. The summed E-state index contributed by atoms with van der Waals surface area (Å²) >= 11 is 3.89. The van der Waals surface area contributed by atoms with Crippen molar-refractivity contribution in [3.8, 4) is 6.07 Å². The number of hydrogen-bond acceptors (Lipinski definition) is 2. The van der Waals surface area contributed by atoms with Gasteiger partial charge >= 0.3 is 0 Å². The summed E-state index contributed by atoms with van der Waals surface area (Å²) in [5, 5.41) is 10.3. The fourth-order valence-corrected chi connectivity index (χ4v) is 2.17. The van der Waals surface area contributed by atoms with Crippen molar-refractivity contribution < 1.29 is 0 Å². The second-order valence-corrected chi connectivity index (χ2v) is 3.81. The number of nitrogens with zero attached hydrogens (tertiary/aromatic N) is 1. The molecule has 0 spiro atoms. The van der Waals surface area contributed by atoms with Crippen LogP contribution in [0.4, 0.5) is 0 Å². The van der Waals surface area contributed by atoms with Gasteiger partial charge in [0.25, 0.3) is 0 Å². The van der Waals surface area contributed by atoms with Gasteiger partial charge < -0.3 is 0 Å². The maximum Gasteiger partial charge on any atom is 0.0696 e. The Bertz CT molecular complexity index is 235. The van der Waals surface area contributed by atoms with Gasteiger partial charge in [-0.25, -0.2) is 0 Å². The zero-order valence-electron chi connectivity index (χ0n) is 4.60. The second-order valence-electron chi connectivity index (χ2n) is 1.57. The molecular weight excluding hydrogens is 245 g/mol. The van der Waals surface area contributed by atoms with Crippen LogP contribution in [0.15, 0.2) is 11.4 Å². The molecule has 0 bridgehead atoms. The minimum Gasteiger partial charge on any atom is -0.198 e. The average Bonchev–Trinajstić information content (AvgIpc) is 2.17. The lowest BCUT2D eigenvalue weighted by molar-refractivity contribution is 1.32. The minimum absolute atomic E-state index is 0.549. The Hall–Kier alpha value is -0.0800. The maximum absolute atomic E-state index is 8.28. The second kappa shape index (κ2) is 3.18. The van der Waals surface area contributed by atoms with Crippen LogP contribution in [0.5, 0.6) is 0 Å². The first-order chi connectivity index (χ1) is 4.33. The van der Waals surface area contributed by atoms with E-state index < -0.39 is 0 Å². The van der Waals surface area contributed by atoms with Crippen LogP contribution in [0.1, 0.15) is 4.88 Å². The van der Waals surface area contributed by atoms with Crippen LogP contribution in [0.25, 0.3) is 0 Å². The van der Waals surface area contributed by atoms with Crippen LogP contribution in [-0.2, 0) is 6.42 Å². The molecule has 0 unspecified atom stereocenters. The zero-order valence-corrected chi connectivity index (χ0v) is 7.57. The quantitative estimate of drug-likeness (QED) is 0.701. The van der Waals surface area contributed by atoms with Crippen LogP contribution in [0.3, 0.4) is 0 Å². The Labute approximate surface area is 71.5 Å². The zero-order chi connectivity index (χ0) is 6.69. The highest BCUT2D eigenvalue weighted by Crippen LogP contribution is 2.15. The third-order valence-electron chi connectivity index (χ3n) is 0.875. The molecule has 1 rings (SSSR count). The standard InChI is InChI=1S/C6H4INS/c7-5-3-6(1-2-8)9-4-5/h3-4H,1H2. The van der Waals surface area contributed by atoms with Crippen LogP contribution in [0.2, 0.25) is 0 Å². The van der Waals surface area contributed by atoms with Crippen molar-refractivity contribution in [2.45, 2.75) is 6.42 Å². The lowest BCUT2D eigenvalue weighted by atomic mass is 10.4. The van der Waals surface area contributed by atoms with E-state index in [-0.39, 0.29) is 0 Å². The SMILES string of the molecule is N#CCc1cc(I)cs1. The van der Waals surface area contributed by atoms with E-state index in [4.69, 9.17) is 5.26 Å². The molecule has 9 heavy (non-hydrogen) atoms. The van der Waals surface area contributed by atoms with Crippen molar-refractivity contribution in [3.63, 3.8) is 0 Å². The maximum atomic E-state index is 8.28. The summed E-state index contributed by atoms with van der Waals surface area (Å²) in [7, 11) is 0. The lowest BCUT2D eigenvalue weighted by Gasteiger charge is -1.77. The van der Waals surface area contributed by atoms with Crippen LogP contribution >= 0.6 is 33.9 Å². The molecule has 0 aliphatic heterocycles. The van der Waals surface area contributed by atoms with Crippen molar-refractivity contribution in [2.24, 2.45) is 0 Å². The molecule has 0 aliphatic carbocycles. The van der Waals surface area contributed by atoms with Gasteiger partial charge in [-0.3, -0.25) is 0 Å². The molecule has 0 aliphatic rings. The van der Waals surface area contributed by atoms with Crippen LogP contribution in [0, 0.1) is 14.9 Å². The smallest absolute Gasteiger partial charge is 0.0696 e. The summed E-state index contributed by atoms with van der Waals surface area (Å²) < 4.78 is 1.22. The summed E-state index contributed by atoms with van der Waals surface area (Å²) in [6, 6.07) is 4.14. The van der Waals surface area contributed by atoms with Crippen molar-refractivity contribution in [1.82, 2.24) is 0 Å². The molecule has 0 N–H and O–H groups in total. The van der Waals surface area contributed by atoms with Gasteiger partial charge in [0.1, 0.15) is 0 Å². The third-order valence-corrected chi connectivity index (χ3v) is 2.86. The Morgan fingerprint density at radius 2 is 2.56 bits per heavy atom. The molecule has 1 aromatic heterocycles. The number of rotatable bonds is 1. The van der Waals surface area contributed by atoms with E-state index in [1.165, 1.54) is 3.57 Å². The highest BCUT2D eigenvalue weighted by Gasteiger charge is 1.93. The molecule has 1 aromatic rings. The topological polar surface area (TPSA) is 23.8 Å². The van der Waals surface area contributed by atoms with E-state index in [9.17, 15) is 0 Å². The van der Waals surface area contributed by atoms with Gasteiger partial charge in [0.2, 0.25) is 0 Å². The van der Waals surface area contributed by atoms with Gasteiger partial charge in [-0.15, -0.1) is 11.3 Å². The van der Waals surface area contributed by atoms with E-state index in [1.54, 1.807) is 11.3 Å². The molecule has 0 saturated heterocycles. The third kappa shape index (κ3) is 1.95. The molecule has 1 heterocycles. The number of halogens is 1. The molecular formula is C6H4INS. The molecule has 0 amide bonds. The van der Waals surface area contributed by atoms with Gasteiger partial charge in [-0.1, -0.05) is 0 Å². The molecule has 0 saturated carbocycles. The molecule has 1 nitrogen and oxygen atoms in total. The monoisotopic (exact) mass is 249 g/mol. The van der Waals surface area contributed by atoms with Crippen LogP contribution in [-0.4, -0.2) is 0 Å². The van der Waals surface area contributed by atoms with Gasteiger partial charge in [0.05, 0.1) is 12.5 Å². The van der Waals surface area contributed by atoms with Crippen molar-refractivity contribution in [1.29, 1.82) is 5.26 Å². The molecule has 0 fully saturated rings. The largest absolute Gasteiger partial charge is 0.198 e. The lowest BCUT2D eigenvalue weighted by Crippen LogP contribution is -1.69. The summed E-state index contributed by atoms with van der Waals surface area (Å²) in [6.45, 7) is 0. The molecule has 3 heteroatoms. The number of hydrogen-bond donors (Lipinski definition) is 0. The van der Waals surface area contributed by atoms with E-state index in [1.807, 2.05) is 11.4 Å². The minimum atomic E-state index is 0.549. The van der Waals surface area contributed by atoms with E-state index >= 15 is 0 Å².